The van der Waals surface area contributed by atoms with Gasteiger partial charge >= 0.3 is 0 Å². The quantitative estimate of drug-likeness (QED) is 0.141. The lowest BCUT2D eigenvalue weighted by atomic mass is 9.87. The van der Waals surface area contributed by atoms with Crippen molar-refractivity contribution in [2.45, 2.75) is 0 Å². The molecule has 300 valence electrons. The molecule has 0 aliphatic rings. The maximum absolute atomic E-state index is 2.41. The zero-order valence-corrected chi connectivity index (χ0v) is 35.1. The van der Waals surface area contributed by atoms with Crippen molar-refractivity contribution >= 4 is 88.0 Å². The van der Waals surface area contributed by atoms with E-state index in [9.17, 15) is 0 Å². The molecule has 0 saturated carbocycles. The SMILES string of the molecule is c1ccc(N(c2ccc(-c3cc4cc(-c5ccc(N(c6ccccc6)c6ccc7ccccc7c6)cc5)c5ccccc5c4c4ccccc34)cc2)c2ccc3ccccc3c2)cc1. The molecule has 64 heavy (non-hydrogen) atoms. The van der Waals surface area contributed by atoms with Crippen LogP contribution in [0.3, 0.4) is 0 Å². The summed E-state index contributed by atoms with van der Waals surface area (Å²) in [7, 11) is 0. The summed E-state index contributed by atoms with van der Waals surface area (Å²) in [5.74, 6) is 0. The Balaban J connectivity index is 0.970. The highest BCUT2D eigenvalue weighted by atomic mass is 15.1. The van der Waals surface area contributed by atoms with E-state index in [4.69, 9.17) is 0 Å². The minimum absolute atomic E-state index is 1.11. The van der Waals surface area contributed by atoms with Crippen LogP contribution in [-0.4, -0.2) is 0 Å². The third-order valence-corrected chi connectivity index (χ3v) is 12.7. The molecule has 0 unspecified atom stereocenters. The maximum atomic E-state index is 2.41. The van der Waals surface area contributed by atoms with Gasteiger partial charge in [-0.25, -0.2) is 0 Å². The minimum Gasteiger partial charge on any atom is -0.310 e. The lowest BCUT2D eigenvalue weighted by Gasteiger charge is -2.26. The van der Waals surface area contributed by atoms with Crippen molar-refractivity contribution in [3.63, 3.8) is 0 Å². The minimum atomic E-state index is 1.11. The van der Waals surface area contributed by atoms with Crippen LogP contribution in [0.2, 0.25) is 0 Å². The second-order valence-corrected chi connectivity index (χ2v) is 16.5. The first kappa shape index (κ1) is 37.3. The summed E-state index contributed by atoms with van der Waals surface area (Å²) in [6.07, 6.45) is 0. The zero-order valence-electron chi connectivity index (χ0n) is 35.1. The molecule has 0 radical (unpaired) electrons. The molecule has 0 aliphatic heterocycles. The number of nitrogens with zero attached hydrogens (tertiary/aromatic N) is 2. The number of fused-ring (bicyclic) bond motifs is 7. The monoisotopic (exact) mass is 814 g/mol. The van der Waals surface area contributed by atoms with Gasteiger partial charge in [0.25, 0.3) is 0 Å². The lowest BCUT2D eigenvalue weighted by Crippen LogP contribution is -2.09. The average molecular weight is 815 g/mol. The summed E-state index contributed by atoms with van der Waals surface area (Å²) in [5, 5.41) is 12.4. The smallest absolute Gasteiger partial charge is 0.0468 e. The van der Waals surface area contributed by atoms with Crippen LogP contribution >= 0.6 is 0 Å². The molecule has 0 amide bonds. The van der Waals surface area contributed by atoms with Gasteiger partial charge in [-0.05, 0) is 161 Å². The molecule has 0 heterocycles. The number of para-hydroxylation sites is 2. The highest BCUT2D eigenvalue weighted by Crippen LogP contribution is 2.44. The summed E-state index contributed by atoms with van der Waals surface area (Å²) < 4.78 is 0. The molecule has 2 nitrogen and oxygen atoms in total. The molecule has 0 saturated heterocycles. The molecule has 12 aromatic carbocycles. The van der Waals surface area contributed by atoms with E-state index in [-0.39, 0.29) is 0 Å². The summed E-state index contributed by atoms with van der Waals surface area (Å²) in [6.45, 7) is 0. The van der Waals surface area contributed by atoms with Gasteiger partial charge < -0.3 is 9.80 Å². The Hall–Kier alpha value is -8.46. The molecule has 12 aromatic rings. The van der Waals surface area contributed by atoms with Crippen LogP contribution in [-0.2, 0) is 0 Å². The van der Waals surface area contributed by atoms with Crippen LogP contribution in [0.5, 0.6) is 0 Å². The molecule has 0 spiro atoms. The zero-order chi connectivity index (χ0) is 42.4. The number of hydrogen-bond donors (Lipinski definition) is 0. The Labute approximate surface area is 373 Å². The Bertz CT molecular complexity index is 3410. The van der Waals surface area contributed by atoms with Crippen molar-refractivity contribution < 1.29 is 0 Å². The average Bonchev–Trinajstić information content (AvgIpc) is 3.37. The molecule has 0 N–H and O–H groups in total. The van der Waals surface area contributed by atoms with Gasteiger partial charge in [-0.15, -0.1) is 0 Å². The summed E-state index contributed by atoms with van der Waals surface area (Å²) in [6, 6.07) is 92.7. The third-order valence-electron chi connectivity index (χ3n) is 12.7. The number of rotatable bonds is 8. The summed E-state index contributed by atoms with van der Waals surface area (Å²) in [5.41, 5.74) is 11.5. The van der Waals surface area contributed by atoms with E-state index < -0.39 is 0 Å². The van der Waals surface area contributed by atoms with Crippen LogP contribution in [0.25, 0.3) is 76.1 Å². The number of anilines is 6. The molecule has 12 rings (SSSR count). The second kappa shape index (κ2) is 15.8. The van der Waals surface area contributed by atoms with Crippen LogP contribution in [0.4, 0.5) is 34.1 Å². The maximum Gasteiger partial charge on any atom is 0.0468 e. The molecular weight excluding hydrogens is 773 g/mol. The van der Waals surface area contributed by atoms with Gasteiger partial charge in [0.2, 0.25) is 0 Å². The van der Waals surface area contributed by atoms with Gasteiger partial charge in [0, 0.05) is 34.1 Å². The second-order valence-electron chi connectivity index (χ2n) is 16.5. The largest absolute Gasteiger partial charge is 0.310 e. The molecule has 0 fully saturated rings. The fraction of sp³-hybridized carbons (Fsp3) is 0. The normalized spacial score (nSPS) is 11.4. The first-order valence-electron chi connectivity index (χ1n) is 22.0. The molecule has 0 aromatic heterocycles. The van der Waals surface area contributed by atoms with Crippen LogP contribution < -0.4 is 9.80 Å². The Kier molecular flexibility index (Phi) is 9.20. The fourth-order valence-electron chi connectivity index (χ4n) is 9.72. The Morgan fingerprint density at radius 2 is 0.531 bits per heavy atom. The van der Waals surface area contributed by atoms with Gasteiger partial charge in [-0.2, -0.15) is 0 Å². The van der Waals surface area contributed by atoms with Crippen LogP contribution in [0.1, 0.15) is 0 Å². The van der Waals surface area contributed by atoms with E-state index in [0.717, 1.165) is 34.1 Å². The molecule has 2 heteroatoms. The first-order valence-corrected chi connectivity index (χ1v) is 22.0. The predicted molar refractivity (Wildman–Crippen MR) is 274 cm³/mol. The highest BCUT2D eigenvalue weighted by molar-refractivity contribution is 6.25. The standard InChI is InChI=1S/C62H42N2/c1-3-19-50(20-4-1)63(54-37-27-43-15-7-9-17-47(43)39-54)52-33-29-45(30-34-52)60-41-49-42-61(57-24-12-14-26-59(57)62(49)58-25-13-11-23-56(58)60)46-31-35-53(36-32-46)64(51-21-5-2-6-22-51)55-38-28-44-16-8-10-18-48(44)40-55/h1-42H. The fourth-order valence-corrected chi connectivity index (χ4v) is 9.72. The topological polar surface area (TPSA) is 6.48 Å². The van der Waals surface area contributed by atoms with E-state index in [2.05, 4.69) is 265 Å². The first-order chi connectivity index (χ1) is 31.7. The van der Waals surface area contributed by atoms with Crippen molar-refractivity contribution in [1.29, 1.82) is 0 Å². The van der Waals surface area contributed by atoms with E-state index in [0.29, 0.717) is 0 Å². The van der Waals surface area contributed by atoms with E-state index >= 15 is 0 Å². The van der Waals surface area contributed by atoms with Gasteiger partial charge in [0.15, 0.2) is 0 Å². The van der Waals surface area contributed by atoms with Crippen molar-refractivity contribution in [1.82, 2.24) is 0 Å². The number of benzene rings is 12. The summed E-state index contributed by atoms with van der Waals surface area (Å²) in [4.78, 5) is 4.69. The van der Waals surface area contributed by atoms with Crippen LogP contribution in [0.15, 0.2) is 255 Å². The lowest BCUT2D eigenvalue weighted by molar-refractivity contribution is 1.29. The van der Waals surface area contributed by atoms with Gasteiger partial charge in [0.1, 0.15) is 0 Å². The Morgan fingerprint density at radius 3 is 0.953 bits per heavy atom. The molecule has 0 bridgehead atoms. The van der Waals surface area contributed by atoms with Gasteiger partial charge in [-0.1, -0.05) is 170 Å². The van der Waals surface area contributed by atoms with Gasteiger partial charge in [0.05, 0.1) is 0 Å². The van der Waals surface area contributed by atoms with Crippen molar-refractivity contribution in [2.24, 2.45) is 0 Å². The van der Waals surface area contributed by atoms with E-state index in [1.165, 1.54) is 76.1 Å². The number of hydrogen-bond acceptors (Lipinski definition) is 2. The van der Waals surface area contributed by atoms with Crippen molar-refractivity contribution in [3.05, 3.63) is 255 Å². The predicted octanol–water partition coefficient (Wildman–Crippen LogP) is 17.7. The van der Waals surface area contributed by atoms with Gasteiger partial charge in [-0.3, -0.25) is 0 Å². The molecule has 0 atom stereocenters. The highest BCUT2D eigenvalue weighted by Gasteiger charge is 2.18. The van der Waals surface area contributed by atoms with Crippen LogP contribution in [0, 0.1) is 0 Å². The Morgan fingerprint density at radius 1 is 0.203 bits per heavy atom. The van der Waals surface area contributed by atoms with E-state index in [1.54, 1.807) is 0 Å². The van der Waals surface area contributed by atoms with E-state index in [1.807, 2.05) is 0 Å². The van der Waals surface area contributed by atoms with Crippen molar-refractivity contribution in [2.75, 3.05) is 9.80 Å². The van der Waals surface area contributed by atoms with Crippen molar-refractivity contribution in [3.8, 4) is 22.3 Å². The molecule has 0 aliphatic carbocycles. The summed E-state index contributed by atoms with van der Waals surface area (Å²) >= 11 is 0. The molecular formula is C62H42N2. The third kappa shape index (κ3) is 6.61.